The summed E-state index contributed by atoms with van der Waals surface area (Å²) in [6.45, 7) is 17.8. The Morgan fingerprint density at radius 2 is 1.71 bits per heavy atom. The number of carbonyl (C=O) groups is 3. The van der Waals surface area contributed by atoms with Gasteiger partial charge in [-0.05, 0) is 67.7 Å². The normalized spacial score (nSPS) is 22.9. The summed E-state index contributed by atoms with van der Waals surface area (Å²) in [5.41, 5.74) is -1.49. The second-order valence-corrected chi connectivity index (χ2v) is 10.7. The van der Waals surface area contributed by atoms with Gasteiger partial charge in [-0.2, -0.15) is 0 Å². The second kappa shape index (κ2) is 12.4. The lowest BCUT2D eigenvalue weighted by Gasteiger charge is -2.40. The van der Waals surface area contributed by atoms with Gasteiger partial charge in [0.2, 0.25) is 5.91 Å². The van der Waals surface area contributed by atoms with E-state index in [-0.39, 0.29) is 11.8 Å². The zero-order valence-electron chi connectivity index (χ0n) is 22.3. The molecule has 1 saturated heterocycles. The highest BCUT2D eigenvalue weighted by atomic mass is 16.6. The summed E-state index contributed by atoms with van der Waals surface area (Å²) >= 11 is 0. The van der Waals surface area contributed by atoms with Gasteiger partial charge >= 0.3 is 12.1 Å². The number of hydrogen-bond acceptors (Lipinski definition) is 6. The minimum absolute atomic E-state index is 0.228. The Morgan fingerprint density at radius 1 is 1.12 bits per heavy atom. The Morgan fingerprint density at radius 3 is 2.15 bits per heavy atom. The molecule has 0 aliphatic carbocycles. The number of ether oxygens (including phenoxy) is 3. The number of methoxy groups -OCH3 is 1. The number of rotatable bonds is 9. The van der Waals surface area contributed by atoms with Crippen molar-refractivity contribution in [3.8, 4) is 0 Å². The van der Waals surface area contributed by atoms with E-state index in [0.29, 0.717) is 19.3 Å². The summed E-state index contributed by atoms with van der Waals surface area (Å²) in [5, 5.41) is 2.99. The maximum Gasteiger partial charge on any atom is 0.411 e. The molecule has 2 amide bonds. The predicted molar refractivity (Wildman–Crippen MR) is 132 cm³/mol. The summed E-state index contributed by atoms with van der Waals surface area (Å²) in [5.74, 6) is -0.986. The van der Waals surface area contributed by atoms with Crippen LogP contribution in [-0.4, -0.2) is 65.4 Å². The third-order valence-electron chi connectivity index (χ3n) is 5.41. The molecular formula is C26H44N2O6. The van der Waals surface area contributed by atoms with Crippen molar-refractivity contribution in [3.05, 3.63) is 24.8 Å². The van der Waals surface area contributed by atoms with Gasteiger partial charge in [-0.3, -0.25) is 9.69 Å². The third kappa shape index (κ3) is 8.78. The summed E-state index contributed by atoms with van der Waals surface area (Å²) in [6, 6.07) is -2.03. The van der Waals surface area contributed by atoms with Gasteiger partial charge in [-0.25, -0.2) is 9.59 Å². The van der Waals surface area contributed by atoms with E-state index in [4.69, 9.17) is 14.2 Å². The summed E-state index contributed by atoms with van der Waals surface area (Å²) in [6.07, 6.45) is 6.18. The maximum atomic E-state index is 13.5. The fourth-order valence-corrected chi connectivity index (χ4v) is 4.31. The monoisotopic (exact) mass is 480 g/mol. The molecular weight excluding hydrogens is 436 g/mol. The molecule has 8 heteroatoms. The average molecular weight is 481 g/mol. The van der Waals surface area contributed by atoms with Gasteiger partial charge in [-0.15, -0.1) is 6.58 Å². The number of likely N-dealkylation sites (tertiary alicyclic amines) is 1. The first kappa shape index (κ1) is 29.7. The van der Waals surface area contributed by atoms with Crippen molar-refractivity contribution in [3.63, 3.8) is 0 Å². The average Bonchev–Trinajstić information content (AvgIpc) is 3.04. The molecule has 0 unspecified atom stereocenters. The molecule has 0 aromatic heterocycles. The standard InChI is InChI=1S/C26H44N2O6/c1-11-13-15-20(32-10)21(27-17(3)29)22-18(14-12-2)16-19(23(30)33-25(4,5)6)28(22)24(31)34-26(7,8)9/h11-12,14,18-22H,1,13,15-16H2,2-10H3,(H,27,29)/t18-,19+,20-,21+,22-/m1/s1. The number of hydrogen-bond donors (Lipinski definition) is 1. The first-order valence-corrected chi connectivity index (χ1v) is 11.9. The SMILES string of the molecule is C=CCC[C@@H](OC)[C@H](NC(C)=O)[C@H]1[C@H](C=CC)C[C@@H](C(=O)OC(C)(C)C)N1C(=O)OC(C)(C)C. The van der Waals surface area contributed by atoms with Crippen molar-refractivity contribution in [2.24, 2.45) is 5.92 Å². The highest BCUT2D eigenvalue weighted by molar-refractivity contribution is 5.83. The van der Waals surface area contributed by atoms with Gasteiger partial charge in [-0.1, -0.05) is 18.2 Å². The molecule has 1 aliphatic heterocycles. The van der Waals surface area contributed by atoms with Crippen molar-refractivity contribution in [2.45, 2.75) is 110 Å². The fourth-order valence-electron chi connectivity index (χ4n) is 4.31. The Kier molecular flexibility index (Phi) is 10.8. The number of nitrogens with one attached hydrogen (secondary N) is 1. The molecule has 8 nitrogen and oxygen atoms in total. The van der Waals surface area contributed by atoms with E-state index in [1.807, 2.05) is 19.1 Å². The lowest BCUT2D eigenvalue weighted by atomic mass is 9.88. The van der Waals surface area contributed by atoms with Crippen LogP contribution in [0.25, 0.3) is 0 Å². The van der Waals surface area contributed by atoms with Crippen LogP contribution >= 0.6 is 0 Å². The van der Waals surface area contributed by atoms with Crippen molar-refractivity contribution in [1.29, 1.82) is 0 Å². The van der Waals surface area contributed by atoms with E-state index in [1.165, 1.54) is 11.8 Å². The molecule has 1 fully saturated rings. The van der Waals surface area contributed by atoms with Crippen LogP contribution in [0.1, 0.15) is 74.7 Å². The third-order valence-corrected chi connectivity index (χ3v) is 5.41. The van der Waals surface area contributed by atoms with E-state index in [9.17, 15) is 14.4 Å². The molecule has 34 heavy (non-hydrogen) atoms. The zero-order chi connectivity index (χ0) is 26.3. The highest BCUT2D eigenvalue weighted by Gasteiger charge is 2.53. The summed E-state index contributed by atoms with van der Waals surface area (Å²) < 4.78 is 17.2. The molecule has 0 aromatic rings. The van der Waals surface area contributed by atoms with Crippen LogP contribution < -0.4 is 5.32 Å². The first-order chi connectivity index (χ1) is 15.6. The van der Waals surface area contributed by atoms with Crippen LogP contribution in [0.15, 0.2) is 24.8 Å². The molecule has 0 saturated carbocycles. The molecule has 0 spiro atoms. The van der Waals surface area contributed by atoms with E-state index >= 15 is 0 Å². The van der Waals surface area contributed by atoms with Gasteiger partial charge in [0.25, 0.3) is 0 Å². The molecule has 0 aromatic carbocycles. The smallest absolute Gasteiger partial charge is 0.411 e. The number of amides is 2. The van der Waals surface area contributed by atoms with E-state index in [0.717, 1.165) is 0 Å². The van der Waals surface area contributed by atoms with Crippen molar-refractivity contribution in [2.75, 3.05) is 7.11 Å². The number of carbonyl (C=O) groups excluding carboxylic acids is 3. The predicted octanol–water partition coefficient (Wildman–Crippen LogP) is 4.38. The molecule has 0 radical (unpaired) electrons. The van der Waals surface area contributed by atoms with Gasteiger partial charge in [0, 0.05) is 20.0 Å². The fraction of sp³-hybridized carbons (Fsp3) is 0.731. The van der Waals surface area contributed by atoms with E-state index in [2.05, 4.69) is 11.9 Å². The lowest BCUT2D eigenvalue weighted by molar-refractivity contribution is -0.160. The van der Waals surface area contributed by atoms with Crippen LogP contribution in [0.4, 0.5) is 4.79 Å². The minimum atomic E-state index is -0.867. The van der Waals surface area contributed by atoms with Crippen LogP contribution in [0.3, 0.4) is 0 Å². The van der Waals surface area contributed by atoms with Gasteiger partial charge in [0.1, 0.15) is 17.2 Å². The molecule has 1 aliphatic rings. The highest BCUT2D eigenvalue weighted by Crippen LogP contribution is 2.37. The van der Waals surface area contributed by atoms with Crippen molar-refractivity contribution >= 4 is 18.0 Å². The largest absolute Gasteiger partial charge is 0.458 e. The van der Waals surface area contributed by atoms with E-state index < -0.39 is 47.5 Å². The van der Waals surface area contributed by atoms with Crippen LogP contribution in [0.2, 0.25) is 0 Å². The topological polar surface area (TPSA) is 94.2 Å². The number of esters is 1. The Labute approximate surface area is 205 Å². The lowest BCUT2D eigenvalue weighted by Crippen LogP contribution is -2.60. The van der Waals surface area contributed by atoms with Crippen molar-refractivity contribution in [1.82, 2.24) is 10.2 Å². The maximum absolute atomic E-state index is 13.5. The Balaban J connectivity index is 3.62. The van der Waals surface area contributed by atoms with Gasteiger partial charge in [0.05, 0.1) is 18.2 Å². The second-order valence-electron chi connectivity index (χ2n) is 10.7. The number of allylic oxidation sites excluding steroid dienone is 2. The van der Waals surface area contributed by atoms with Crippen LogP contribution in [0.5, 0.6) is 0 Å². The van der Waals surface area contributed by atoms with E-state index in [1.54, 1.807) is 54.7 Å². The van der Waals surface area contributed by atoms with Gasteiger partial charge in [0.15, 0.2) is 0 Å². The molecule has 5 atom stereocenters. The van der Waals surface area contributed by atoms with Gasteiger partial charge < -0.3 is 19.5 Å². The Bertz CT molecular complexity index is 749. The number of nitrogens with zero attached hydrogens (tertiary/aromatic N) is 1. The molecule has 194 valence electrons. The summed E-state index contributed by atoms with van der Waals surface area (Å²) in [7, 11) is 1.57. The van der Waals surface area contributed by atoms with Crippen molar-refractivity contribution < 1.29 is 28.6 Å². The molecule has 1 heterocycles. The molecule has 1 rings (SSSR count). The van der Waals surface area contributed by atoms with Crippen LogP contribution in [0, 0.1) is 5.92 Å². The summed E-state index contributed by atoms with van der Waals surface area (Å²) in [4.78, 5) is 40.5. The first-order valence-electron chi connectivity index (χ1n) is 11.9. The Hall–Kier alpha value is -2.35. The molecule has 0 bridgehead atoms. The minimum Gasteiger partial charge on any atom is -0.458 e. The quantitative estimate of drug-likeness (QED) is 0.389. The molecule has 1 N–H and O–H groups in total. The van der Waals surface area contributed by atoms with Crippen LogP contribution in [-0.2, 0) is 23.8 Å². The zero-order valence-corrected chi connectivity index (χ0v) is 22.3.